The van der Waals surface area contributed by atoms with Gasteiger partial charge in [0.1, 0.15) is 0 Å². The van der Waals surface area contributed by atoms with E-state index >= 15 is 0 Å². The lowest BCUT2D eigenvalue weighted by Gasteiger charge is -2.04. The first-order chi connectivity index (χ1) is 6.04. The summed E-state index contributed by atoms with van der Waals surface area (Å²) in [5, 5.41) is 6.57. The van der Waals surface area contributed by atoms with E-state index in [9.17, 15) is 13.2 Å². The largest absolute Gasteiger partial charge is 0.417 e. The highest BCUT2D eigenvalue weighted by Gasteiger charge is 2.31. The third-order valence-electron chi connectivity index (χ3n) is 1.76. The molecule has 0 aromatic rings. The van der Waals surface area contributed by atoms with Crippen LogP contribution in [0.2, 0.25) is 0 Å². The van der Waals surface area contributed by atoms with Gasteiger partial charge < -0.3 is 5.41 Å². The fourth-order valence-electron chi connectivity index (χ4n) is 0.829. The smallest absolute Gasteiger partial charge is 0.308 e. The predicted molar refractivity (Wildman–Crippen MR) is 44.8 cm³/mol. The lowest BCUT2D eigenvalue weighted by molar-refractivity contribution is -0.0856. The van der Waals surface area contributed by atoms with E-state index in [1.54, 1.807) is 6.08 Å². The molecule has 0 spiro atoms. The maximum Gasteiger partial charge on any atom is 0.417 e. The molecule has 1 fully saturated rings. The molecule has 0 radical (unpaired) electrons. The van der Waals surface area contributed by atoms with Crippen molar-refractivity contribution in [2.75, 3.05) is 0 Å². The Morgan fingerprint density at radius 3 is 2.31 bits per heavy atom. The molecule has 1 N–H and O–H groups in total. The van der Waals surface area contributed by atoms with Crippen LogP contribution >= 0.6 is 0 Å². The quantitative estimate of drug-likeness (QED) is 0.521. The van der Waals surface area contributed by atoms with Gasteiger partial charge in [-0.1, -0.05) is 12.2 Å². The normalized spacial score (nSPS) is 19.5. The highest BCUT2D eigenvalue weighted by atomic mass is 19.4. The zero-order valence-corrected chi connectivity index (χ0v) is 6.93. The first kappa shape index (κ1) is 10.0. The van der Waals surface area contributed by atoms with Crippen molar-refractivity contribution in [3.63, 3.8) is 0 Å². The van der Waals surface area contributed by atoms with Crippen LogP contribution in [-0.2, 0) is 0 Å². The Morgan fingerprint density at radius 2 is 1.92 bits per heavy atom. The minimum absolute atomic E-state index is 0.331. The first-order valence-electron chi connectivity index (χ1n) is 4.00. The van der Waals surface area contributed by atoms with Crippen LogP contribution in [0.3, 0.4) is 0 Å². The van der Waals surface area contributed by atoms with Crippen molar-refractivity contribution in [1.29, 1.82) is 5.41 Å². The van der Waals surface area contributed by atoms with Crippen LogP contribution in [-0.4, -0.2) is 12.4 Å². The molecule has 0 aromatic heterocycles. The van der Waals surface area contributed by atoms with Crippen LogP contribution in [0.1, 0.15) is 12.8 Å². The van der Waals surface area contributed by atoms with Crippen molar-refractivity contribution in [3.8, 4) is 0 Å². The van der Waals surface area contributed by atoms with E-state index in [-0.39, 0.29) is 0 Å². The summed E-state index contributed by atoms with van der Waals surface area (Å²) in [6, 6.07) is 0. The van der Waals surface area contributed by atoms with Crippen LogP contribution < -0.4 is 0 Å². The second kappa shape index (κ2) is 3.77. The second-order valence-electron chi connectivity index (χ2n) is 2.99. The van der Waals surface area contributed by atoms with Gasteiger partial charge in [0, 0.05) is 6.21 Å². The summed E-state index contributed by atoms with van der Waals surface area (Å²) in [7, 11) is 0. The van der Waals surface area contributed by atoms with E-state index in [0.29, 0.717) is 12.1 Å². The number of hydrogen-bond donors (Lipinski definition) is 1. The second-order valence-corrected chi connectivity index (χ2v) is 2.99. The number of allylic oxidation sites excluding steroid dienone is 4. The molecule has 0 atom stereocenters. The molecule has 0 aromatic carbocycles. The minimum Gasteiger partial charge on any atom is -0.308 e. The molecular formula is C9H10F3N. The molecule has 4 heteroatoms. The summed E-state index contributed by atoms with van der Waals surface area (Å²) in [6.07, 6.45) is 2.12. The fourth-order valence-corrected chi connectivity index (χ4v) is 0.829. The maximum absolute atomic E-state index is 12.0. The predicted octanol–water partition coefficient (Wildman–Crippen LogP) is 3.09. The Morgan fingerprint density at radius 1 is 1.31 bits per heavy atom. The average Bonchev–Trinajstić information content (AvgIpc) is 2.78. The van der Waals surface area contributed by atoms with Crippen molar-refractivity contribution in [1.82, 2.24) is 0 Å². The number of hydrogen-bond acceptors (Lipinski definition) is 1. The maximum atomic E-state index is 12.0. The molecule has 13 heavy (non-hydrogen) atoms. The summed E-state index contributed by atoms with van der Waals surface area (Å²) in [5.41, 5.74) is -0.913. The molecule has 72 valence electrons. The summed E-state index contributed by atoms with van der Waals surface area (Å²) < 4.78 is 36.0. The van der Waals surface area contributed by atoms with E-state index in [1.807, 2.05) is 0 Å². The minimum atomic E-state index is -4.41. The highest BCUT2D eigenvalue weighted by Crippen LogP contribution is 2.30. The van der Waals surface area contributed by atoms with Crippen molar-refractivity contribution >= 4 is 6.21 Å². The molecule has 1 rings (SSSR count). The van der Waals surface area contributed by atoms with Gasteiger partial charge >= 0.3 is 6.18 Å². The molecule has 1 aliphatic carbocycles. The standard InChI is InChI=1S/C9H10F3N/c10-9(11,12)8(6-13)3-1-2-7-4-5-7/h1-3,6-7,13H,4-5H2/b2-1+,8-3+,13-6?. The highest BCUT2D eigenvalue weighted by molar-refractivity contribution is 5.78. The molecular weight excluding hydrogens is 179 g/mol. The Hall–Kier alpha value is -1.06. The Kier molecular flexibility index (Phi) is 2.90. The lowest BCUT2D eigenvalue weighted by atomic mass is 10.2. The monoisotopic (exact) mass is 189 g/mol. The van der Waals surface area contributed by atoms with Gasteiger partial charge in [-0.2, -0.15) is 13.2 Å². The zero-order chi connectivity index (χ0) is 9.90. The van der Waals surface area contributed by atoms with Crippen LogP contribution in [0.4, 0.5) is 13.2 Å². The molecule has 0 aliphatic heterocycles. The lowest BCUT2D eigenvalue weighted by Crippen LogP contribution is -2.12. The Labute approximate surface area is 74.5 Å². The third kappa shape index (κ3) is 3.44. The third-order valence-corrected chi connectivity index (χ3v) is 1.76. The zero-order valence-electron chi connectivity index (χ0n) is 6.93. The summed E-state index contributed by atoms with van der Waals surface area (Å²) in [4.78, 5) is 0. The summed E-state index contributed by atoms with van der Waals surface area (Å²) in [6.45, 7) is 0. The van der Waals surface area contributed by atoms with Gasteiger partial charge in [0.15, 0.2) is 0 Å². The number of halogens is 3. The Balaban J connectivity index is 2.58. The van der Waals surface area contributed by atoms with Gasteiger partial charge in [0.2, 0.25) is 0 Å². The van der Waals surface area contributed by atoms with Crippen molar-refractivity contribution in [2.45, 2.75) is 19.0 Å². The summed E-state index contributed by atoms with van der Waals surface area (Å²) in [5.74, 6) is 0.455. The van der Waals surface area contributed by atoms with E-state index in [4.69, 9.17) is 5.41 Å². The van der Waals surface area contributed by atoms with Gasteiger partial charge in [0.25, 0.3) is 0 Å². The van der Waals surface area contributed by atoms with Gasteiger partial charge in [-0.25, -0.2) is 0 Å². The molecule has 0 saturated heterocycles. The molecule has 1 aliphatic rings. The topological polar surface area (TPSA) is 23.9 Å². The van der Waals surface area contributed by atoms with Gasteiger partial charge in [-0.05, 0) is 24.8 Å². The van der Waals surface area contributed by atoms with Crippen LogP contribution in [0, 0.1) is 11.3 Å². The van der Waals surface area contributed by atoms with Crippen LogP contribution in [0.15, 0.2) is 23.8 Å². The van der Waals surface area contributed by atoms with Gasteiger partial charge in [0.05, 0.1) is 5.57 Å². The number of alkyl halides is 3. The van der Waals surface area contributed by atoms with Crippen molar-refractivity contribution < 1.29 is 13.2 Å². The molecule has 1 nitrogen and oxygen atoms in total. The van der Waals surface area contributed by atoms with E-state index < -0.39 is 11.7 Å². The van der Waals surface area contributed by atoms with Gasteiger partial charge in [-0.3, -0.25) is 0 Å². The van der Waals surface area contributed by atoms with Crippen LogP contribution in [0.25, 0.3) is 0 Å². The summed E-state index contributed by atoms with van der Waals surface area (Å²) >= 11 is 0. The van der Waals surface area contributed by atoms with Crippen LogP contribution in [0.5, 0.6) is 0 Å². The molecule has 0 heterocycles. The molecule has 0 unspecified atom stereocenters. The SMILES string of the molecule is N=C/C(=C\C=C\C1CC1)C(F)(F)F. The van der Waals surface area contributed by atoms with E-state index in [1.165, 1.54) is 6.08 Å². The fraction of sp³-hybridized carbons (Fsp3) is 0.444. The van der Waals surface area contributed by atoms with E-state index in [0.717, 1.165) is 18.9 Å². The number of rotatable bonds is 3. The first-order valence-corrected chi connectivity index (χ1v) is 4.00. The van der Waals surface area contributed by atoms with Crippen molar-refractivity contribution in [2.24, 2.45) is 5.92 Å². The molecule has 1 saturated carbocycles. The Bertz CT molecular complexity index is 246. The number of nitrogens with one attached hydrogen (secondary N) is 1. The van der Waals surface area contributed by atoms with Gasteiger partial charge in [-0.15, -0.1) is 0 Å². The van der Waals surface area contributed by atoms with E-state index in [2.05, 4.69) is 0 Å². The van der Waals surface area contributed by atoms with Crippen molar-refractivity contribution in [3.05, 3.63) is 23.8 Å². The average molecular weight is 189 g/mol. The molecule has 0 amide bonds. The molecule has 0 bridgehead atoms.